The summed E-state index contributed by atoms with van der Waals surface area (Å²) in [6.45, 7) is 22.4. The minimum atomic E-state index is -1.99. The molecule has 1 radical (unpaired) electrons. The third kappa shape index (κ3) is 4.55. The lowest BCUT2D eigenvalue weighted by Crippen LogP contribution is -2.46. The Morgan fingerprint density at radius 1 is 1.21 bits per heavy atom. The van der Waals surface area contributed by atoms with Crippen LogP contribution in [0.3, 0.4) is 0 Å². The number of fused-ring (bicyclic) bond motifs is 1. The number of hydrogen-bond donors (Lipinski definition) is 0. The predicted octanol–water partition coefficient (Wildman–Crippen LogP) is 3.77. The lowest BCUT2D eigenvalue weighted by atomic mass is 9.74. The highest BCUT2D eigenvalue weighted by molar-refractivity contribution is 6.74. The summed E-state index contributed by atoms with van der Waals surface area (Å²) >= 11 is 0. The zero-order chi connectivity index (χ0) is 25.0. The van der Waals surface area contributed by atoms with Crippen molar-refractivity contribution in [2.45, 2.75) is 90.1 Å². The molecule has 6 nitrogen and oxygen atoms in total. The number of carbonyl (C=O) groups excluding carboxylic acids is 1. The molecule has 1 unspecified atom stereocenters. The average molecular weight is 467 g/mol. The van der Waals surface area contributed by atoms with Crippen LogP contribution < -0.4 is 10.3 Å². The van der Waals surface area contributed by atoms with Gasteiger partial charge in [-0.2, -0.15) is 5.26 Å². The molecule has 1 fully saturated rings. The first kappa shape index (κ1) is 26.0. The van der Waals surface area contributed by atoms with E-state index in [1.54, 1.807) is 0 Å². The molecule has 0 aromatic heterocycles. The maximum atomic E-state index is 11.4. The fourth-order valence-corrected chi connectivity index (χ4v) is 5.16. The number of rotatable bonds is 6. The minimum Gasteiger partial charge on any atom is -0.416 e. The van der Waals surface area contributed by atoms with Crippen LogP contribution >= 0.6 is 0 Å². The summed E-state index contributed by atoms with van der Waals surface area (Å²) < 4.78 is 19.2. The molecule has 0 saturated carbocycles. The van der Waals surface area contributed by atoms with E-state index in [1.165, 1.54) is 7.41 Å². The first-order chi connectivity index (χ1) is 15.0. The first-order valence-corrected chi connectivity index (χ1v) is 14.5. The van der Waals surface area contributed by atoms with Gasteiger partial charge in [0, 0.05) is 24.3 Å². The number of anilines is 1. The van der Waals surface area contributed by atoms with E-state index in [0.717, 1.165) is 22.9 Å². The molecule has 9 heteroatoms. The van der Waals surface area contributed by atoms with Crippen LogP contribution in [-0.4, -0.2) is 53.4 Å². The summed E-state index contributed by atoms with van der Waals surface area (Å²) in [5, 5.41) is 10.1. The summed E-state index contributed by atoms with van der Waals surface area (Å²) in [5.74, 6) is 0. The number of carbonyl (C=O) groups is 1. The van der Waals surface area contributed by atoms with Crippen molar-refractivity contribution in [1.82, 2.24) is 0 Å². The SMILES string of the molecule is CC1(CO[Si](C)(C)C(C)(C)C)CN([B]C=O)c2c(C#N)cc(B3OC(C)(C)C(C)(C)O3)cc21. The molecule has 0 N–H and O–H groups in total. The second kappa shape index (κ2) is 8.26. The van der Waals surface area contributed by atoms with Gasteiger partial charge in [0.2, 0.25) is 0 Å². The number of nitriles is 1. The van der Waals surface area contributed by atoms with Gasteiger partial charge >= 0.3 is 14.5 Å². The Morgan fingerprint density at radius 2 is 1.79 bits per heavy atom. The Morgan fingerprint density at radius 3 is 2.27 bits per heavy atom. The van der Waals surface area contributed by atoms with Gasteiger partial charge in [0.15, 0.2) is 8.32 Å². The van der Waals surface area contributed by atoms with Gasteiger partial charge in [-0.1, -0.05) is 33.8 Å². The molecule has 0 aliphatic carbocycles. The van der Waals surface area contributed by atoms with Crippen LogP contribution in [-0.2, 0) is 23.9 Å². The first-order valence-electron chi connectivity index (χ1n) is 11.6. The van der Waals surface area contributed by atoms with Gasteiger partial charge < -0.3 is 23.3 Å². The zero-order valence-corrected chi connectivity index (χ0v) is 22.8. The summed E-state index contributed by atoms with van der Waals surface area (Å²) in [6.07, 6.45) is 0.771. The van der Waals surface area contributed by atoms with Gasteiger partial charge in [-0.3, -0.25) is 0 Å². The molecule has 2 aliphatic heterocycles. The molecule has 1 saturated heterocycles. The van der Waals surface area contributed by atoms with Gasteiger partial charge in [-0.15, -0.1) is 0 Å². The fourth-order valence-electron chi connectivity index (χ4n) is 4.05. The maximum Gasteiger partial charge on any atom is 0.494 e. The van der Waals surface area contributed by atoms with E-state index in [-0.39, 0.29) is 5.04 Å². The van der Waals surface area contributed by atoms with E-state index < -0.39 is 32.1 Å². The van der Waals surface area contributed by atoms with Crippen LogP contribution in [0.15, 0.2) is 12.1 Å². The van der Waals surface area contributed by atoms with Crippen LogP contribution in [0.1, 0.15) is 66.5 Å². The summed E-state index contributed by atoms with van der Waals surface area (Å²) in [4.78, 5) is 13.3. The highest BCUT2D eigenvalue weighted by Gasteiger charge is 2.53. The van der Waals surface area contributed by atoms with Crippen molar-refractivity contribution in [2.75, 3.05) is 18.0 Å². The van der Waals surface area contributed by atoms with Crippen LogP contribution in [0.25, 0.3) is 0 Å². The smallest absolute Gasteiger partial charge is 0.416 e. The van der Waals surface area contributed by atoms with Crippen LogP contribution in [0.5, 0.6) is 0 Å². The summed E-state index contributed by atoms with van der Waals surface area (Å²) in [7, 11) is -1.05. The lowest BCUT2D eigenvalue weighted by Gasteiger charge is -2.39. The Hall–Kier alpha value is -1.59. The molecule has 2 aliphatic rings. The molecule has 0 bridgehead atoms. The van der Waals surface area contributed by atoms with Crippen molar-refractivity contribution in [3.63, 3.8) is 0 Å². The van der Waals surface area contributed by atoms with Crippen molar-refractivity contribution < 1.29 is 18.5 Å². The van der Waals surface area contributed by atoms with Crippen LogP contribution in [0.2, 0.25) is 18.1 Å². The van der Waals surface area contributed by atoms with E-state index in [0.29, 0.717) is 18.7 Å². The van der Waals surface area contributed by atoms with Crippen molar-refractivity contribution in [2.24, 2.45) is 0 Å². The second-order valence-electron chi connectivity index (χ2n) is 12.2. The van der Waals surface area contributed by atoms with Gasteiger partial charge in [-0.25, -0.2) is 0 Å². The quantitative estimate of drug-likeness (QED) is 0.469. The minimum absolute atomic E-state index is 0.0851. The van der Waals surface area contributed by atoms with Crippen molar-refractivity contribution in [3.8, 4) is 6.07 Å². The lowest BCUT2D eigenvalue weighted by molar-refractivity contribution is 0.00578. The molecule has 0 spiro atoms. The third-order valence-electron chi connectivity index (χ3n) is 8.03. The molecule has 0 amide bonds. The predicted molar refractivity (Wildman–Crippen MR) is 137 cm³/mol. The summed E-state index contributed by atoms with van der Waals surface area (Å²) in [6, 6.07) is 6.24. The topological polar surface area (TPSA) is 71.8 Å². The molecular formula is C24H37B2N2O4Si. The van der Waals surface area contributed by atoms with E-state index >= 15 is 0 Å². The molecule has 2 heterocycles. The van der Waals surface area contributed by atoms with E-state index in [4.69, 9.17) is 13.7 Å². The second-order valence-corrected chi connectivity index (χ2v) is 17.0. The Balaban J connectivity index is 2.06. The van der Waals surface area contributed by atoms with E-state index in [9.17, 15) is 10.1 Å². The highest BCUT2D eigenvalue weighted by atomic mass is 28.4. The van der Waals surface area contributed by atoms with Crippen molar-refractivity contribution in [3.05, 3.63) is 23.3 Å². The summed E-state index contributed by atoms with van der Waals surface area (Å²) in [5.41, 5.74) is 1.73. The molecule has 1 aromatic carbocycles. The average Bonchev–Trinajstić information content (AvgIpc) is 3.09. The monoisotopic (exact) mass is 467 g/mol. The normalized spacial score (nSPS) is 23.9. The van der Waals surface area contributed by atoms with Gasteiger partial charge in [0.1, 0.15) is 12.3 Å². The Labute approximate surface area is 201 Å². The third-order valence-corrected chi connectivity index (χ3v) is 12.5. The highest BCUT2D eigenvalue weighted by Crippen LogP contribution is 2.45. The molecular weight excluding hydrogens is 430 g/mol. The van der Waals surface area contributed by atoms with Gasteiger partial charge in [-0.05, 0) is 62.9 Å². The molecule has 3 rings (SSSR count). The van der Waals surface area contributed by atoms with Crippen LogP contribution in [0.4, 0.5) is 5.69 Å². The number of benzene rings is 1. The molecule has 33 heavy (non-hydrogen) atoms. The Bertz CT molecular complexity index is 968. The zero-order valence-electron chi connectivity index (χ0n) is 21.8. The number of nitrogens with zero attached hydrogens (tertiary/aromatic N) is 2. The maximum absolute atomic E-state index is 11.4. The Kier molecular flexibility index (Phi) is 6.52. The van der Waals surface area contributed by atoms with Crippen molar-refractivity contribution in [1.29, 1.82) is 5.26 Å². The number of hydrogen-bond acceptors (Lipinski definition) is 6. The van der Waals surface area contributed by atoms with E-state index in [1.807, 2.05) is 38.6 Å². The van der Waals surface area contributed by atoms with E-state index in [2.05, 4.69) is 52.9 Å². The van der Waals surface area contributed by atoms with Crippen LogP contribution in [0, 0.1) is 11.3 Å². The molecule has 1 atom stereocenters. The van der Waals surface area contributed by atoms with Gasteiger partial charge in [0.25, 0.3) is 0 Å². The molecule has 177 valence electrons. The fraction of sp³-hybridized carbons (Fsp3) is 0.667. The standard InChI is InChI=1S/C24H37B2N2O4Si/c1-21(2,3)33(9,10)30-15-24(8)14-28(25-16-29)20-17(13-27)11-18(12-19(20)24)26-31-22(4,5)23(6,7)32-26/h11-12,16H,14-15H2,1-10H3. The largest absolute Gasteiger partial charge is 0.494 e. The molecule has 1 aromatic rings. The van der Waals surface area contributed by atoms with Crippen molar-refractivity contribution >= 4 is 40.2 Å². The van der Waals surface area contributed by atoms with Gasteiger partial charge in [0.05, 0.1) is 16.8 Å².